The molecule has 0 fully saturated rings. The highest BCUT2D eigenvalue weighted by Gasteiger charge is 2.10. The van der Waals surface area contributed by atoms with Crippen molar-refractivity contribution in [1.29, 1.82) is 0 Å². The number of rotatable bonds is 2. The van der Waals surface area contributed by atoms with E-state index in [9.17, 15) is 0 Å². The summed E-state index contributed by atoms with van der Waals surface area (Å²) in [4.78, 5) is 0. The van der Waals surface area contributed by atoms with Crippen LogP contribution < -0.4 is 0 Å². The van der Waals surface area contributed by atoms with Crippen LogP contribution in [0.2, 0.25) is 0 Å². The van der Waals surface area contributed by atoms with E-state index in [4.69, 9.17) is 0 Å². The van der Waals surface area contributed by atoms with Crippen molar-refractivity contribution in [3.8, 4) is 0 Å². The Hall–Kier alpha value is -0.260. The first-order valence-electron chi connectivity index (χ1n) is 4.86. The second kappa shape index (κ2) is 3.94. The zero-order valence-electron chi connectivity index (χ0n) is 8.06. The number of hydrogen-bond donors (Lipinski definition) is 0. The highest BCUT2D eigenvalue weighted by molar-refractivity contribution is 5.06. The van der Waals surface area contributed by atoms with Crippen LogP contribution >= 0.6 is 0 Å². The molecule has 0 N–H and O–H groups in total. The van der Waals surface area contributed by atoms with Crippen LogP contribution in [-0.2, 0) is 0 Å². The van der Waals surface area contributed by atoms with E-state index >= 15 is 0 Å². The summed E-state index contributed by atoms with van der Waals surface area (Å²) >= 11 is 0. The van der Waals surface area contributed by atoms with Gasteiger partial charge in [0.15, 0.2) is 0 Å². The molecule has 64 valence electrons. The number of allylic oxidation sites excluding steroid dienone is 2. The fourth-order valence-corrected chi connectivity index (χ4v) is 1.73. The summed E-state index contributed by atoms with van der Waals surface area (Å²) in [5, 5.41) is 0. The van der Waals surface area contributed by atoms with Crippen molar-refractivity contribution in [2.45, 2.75) is 46.5 Å². The summed E-state index contributed by atoms with van der Waals surface area (Å²) in [5.41, 5.74) is 1.71. The van der Waals surface area contributed by atoms with E-state index in [0.29, 0.717) is 0 Å². The molecule has 11 heavy (non-hydrogen) atoms. The van der Waals surface area contributed by atoms with Gasteiger partial charge in [0, 0.05) is 0 Å². The Kier molecular flexibility index (Phi) is 3.16. The standard InChI is InChI=1S/C11H20/c1-9(2)8-11-6-4-10(3)5-7-11/h6,9-10H,4-5,7-8H2,1-3H3. The molecule has 0 saturated carbocycles. The van der Waals surface area contributed by atoms with Gasteiger partial charge in [0.05, 0.1) is 0 Å². The Balaban J connectivity index is 2.35. The number of hydrogen-bond acceptors (Lipinski definition) is 0. The second-order valence-electron chi connectivity index (χ2n) is 4.34. The van der Waals surface area contributed by atoms with Gasteiger partial charge in [-0.3, -0.25) is 0 Å². The van der Waals surface area contributed by atoms with E-state index in [0.717, 1.165) is 11.8 Å². The maximum absolute atomic E-state index is 2.47. The predicted octanol–water partition coefficient (Wildman–Crippen LogP) is 3.78. The fraction of sp³-hybridized carbons (Fsp3) is 0.818. The quantitative estimate of drug-likeness (QED) is 0.528. The van der Waals surface area contributed by atoms with Gasteiger partial charge in [0.2, 0.25) is 0 Å². The van der Waals surface area contributed by atoms with E-state index in [2.05, 4.69) is 26.8 Å². The van der Waals surface area contributed by atoms with E-state index in [1.807, 2.05) is 0 Å². The van der Waals surface area contributed by atoms with Crippen LogP contribution in [0.5, 0.6) is 0 Å². The Bertz CT molecular complexity index is 142. The third kappa shape index (κ3) is 3.09. The Morgan fingerprint density at radius 1 is 1.55 bits per heavy atom. The zero-order valence-corrected chi connectivity index (χ0v) is 8.06. The molecule has 0 heteroatoms. The van der Waals surface area contributed by atoms with E-state index in [-0.39, 0.29) is 0 Å². The minimum atomic E-state index is 0.842. The van der Waals surface area contributed by atoms with Crippen LogP contribution in [0.25, 0.3) is 0 Å². The van der Waals surface area contributed by atoms with Gasteiger partial charge in [-0.05, 0) is 37.5 Å². The first-order valence-corrected chi connectivity index (χ1v) is 4.86. The third-order valence-corrected chi connectivity index (χ3v) is 2.44. The summed E-state index contributed by atoms with van der Waals surface area (Å²) in [6, 6.07) is 0. The maximum Gasteiger partial charge on any atom is -0.0297 e. The highest BCUT2D eigenvalue weighted by atomic mass is 14.2. The lowest BCUT2D eigenvalue weighted by molar-refractivity contribution is 0.491. The molecule has 0 nitrogen and oxygen atoms in total. The van der Waals surface area contributed by atoms with Gasteiger partial charge in [-0.25, -0.2) is 0 Å². The van der Waals surface area contributed by atoms with Gasteiger partial charge < -0.3 is 0 Å². The van der Waals surface area contributed by atoms with Gasteiger partial charge in [-0.2, -0.15) is 0 Å². The van der Waals surface area contributed by atoms with E-state index in [1.165, 1.54) is 25.7 Å². The molecule has 1 aliphatic rings. The average Bonchev–Trinajstić information content (AvgIpc) is 1.93. The van der Waals surface area contributed by atoms with Crippen LogP contribution in [0.3, 0.4) is 0 Å². The molecule has 0 bridgehead atoms. The summed E-state index contributed by atoms with van der Waals surface area (Å²) in [5.74, 6) is 1.78. The monoisotopic (exact) mass is 152 g/mol. The zero-order chi connectivity index (χ0) is 8.27. The topological polar surface area (TPSA) is 0 Å². The molecule has 0 saturated heterocycles. The Morgan fingerprint density at radius 2 is 2.27 bits per heavy atom. The summed E-state index contributed by atoms with van der Waals surface area (Å²) in [7, 11) is 0. The van der Waals surface area contributed by atoms with E-state index in [1.54, 1.807) is 5.57 Å². The average molecular weight is 152 g/mol. The van der Waals surface area contributed by atoms with Crippen molar-refractivity contribution >= 4 is 0 Å². The molecule has 0 spiro atoms. The van der Waals surface area contributed by atoms with Crippen molar-refractivity contribution in [1.82, 2.24) is 0 Å². The van der Waals surface area contributed by atoms with Crippen molar-refractivity contribution in [3.63, 3.8) is 0 Å². The SMILES string of the molecule is CC(C)CC1=CCC(C)CC1. The lowest BCUT2D eigenvalue weighted by Crippen LogP contribution is -2.03. The molecule has 1 aliphatic carbocycles. The largest absolute Gasteiger partial charge is 0.0851 e. The van der Waals surface area contributed by atoms with Crippen LogP contribution in [-0.4, -0.2) is 0 Å². The normalized spacial score (nSPS) is 25.5. The highest BCUT2D eigenvalue weighted by Crippen LogP contribution is 2.26. The molecule has 0 aliphatic heterocycles. The molecule has 0 aromatic heterocycles. The summed E-state index contributed by atoms with van der Waals surface area (Å²) in [6.45, 7) is 6.96. The summed E-state index contributed by atoms with van der Waals surface area (Å²) in [6.07, 6.45) is 7.89. The molecular weight excluding hydrogens is 132 g/mol. The van der Waals surface area contributed by atoms with Gasteiger partial charge >= 0.3 is 0 Å². The summed E-state index contributed by atoms with van der Waals surface area (Å²) < 4.78 is 0. The molecular formula is C11H20. The van der Waals surface area contributed by atoms with Gasteiger partial charge in [-0.15, -0.1) is 0 Å². The molecule has 0 aromatic rings. The minimum Gasteiger partial charge on any atom is -0.0851 e. The van der Waals surface area contributed by atoms with Gasteiger partial charge in [0.1, 0.15) is 0 Å². The third-order valence-electron chi connectivity index (χ3n) is 2.44. The van der Waals surface area contributed by atoms with Crippen LogP contribution in [0.15, 0.2) is 11.6 Å². The van der Waals surface area contributed by atoms with Crippen LogP contribution in [0.1, 0.15) is 46.5 Å². The predicted molar refractivity (Wildman–Crippen MR) is 50.6 cm³/mol. The Morgan fingerprint density at radius 3 is 2.73 bits per heavy atom. The molecule has 1 atom stereocenters. The molecule has 1 rings (SSSR count). The van der Waals surface area contributed by atoms with Gasteiger partial charge in [0.25, 0.3) is 0 Å². The lowest BCUT2D eigenvalue weighted by Gasteiger charge is -2.19. The second-order valence-corrected chi connectivity index (χ2v) is 4.34. The fourth-order valence-electron chi connectivity index (χ4n) is 1.73. The van der Waals surface area contributed by atoms with E-state index < -0.39 is 0 Å². The Labute approximate surface area is 70.7 Å². The first kappa shape index (κ1) is 8.83. The molecule has 1 unspecified atom stereocenters. The smallest absolute Gasteiger partial charge is 0.0297 e. The van der Waals surface area contributed by atoms with Crippen LogP contribution in [0.4, 0.5) is 0 Å². The van der Waals surface area contributed by atoms with Crippen LogP contribution in [0, 0.1) is 11.8 Å². The van der Waals surface area contributed by atoms with Crippen molar-refractivity contribution in [3.05, 3.63) is 11.6 Å². The molecule has 0 radical (unpaired) electrons. The molecule has 0 heterocycles. The first-order chi connectivity index (χ1) is 5.18. The molecule has 0 amide bonds. The lowest BCUT2D eigenvalue weighted by atomic mass is 9.87. The van der Waals surface area contributed by atoms with Gasteiger partial charge in [-0.1, -0.05) is 32.4 Å². The van der Waals surface area contributed by atoms with Crippen molar-refractivity contribution in [2.24, 2.45) is 11.8 Å². The minimum absolute atomic E-state index is 0.842. The molecule has 0 aromatic carbocycles. The maximum atomic E-state index is 2.47. The van der Waals surface area contributed by atoms with Crippen molar-refractivity contribution in [2.75, 3.05) is 0 Å². The van der Waals surface area contributed by atoms with Crippen molar-refractivity contribution < 1.29 is 0 Å².